The third-order valence-corrected chi connectivity index (χ3v) is 4.57. The summed E-state index contributed by atoms with van der Waals surface area (Å²) in [5.41, 5.74) is 17.5. The van der Waals surface area contributed by atoms with E-state index in [1.54, 1.807) is 0 Å². The third-order valence-electron chi connectivity index (χ3n) is 4.57. The highest BCUT2D eigenvalue weighted by Crippen LogP contribution is 2.35. The van der Waals surface area contributed by atoms with Crippen LogP contribution in [0.15, 0.2) is 66.7 Å². The van der Waals surface area contributed by atoms with Crippen LogP contribution in [0.25, 0.3) is 32.9 Å². The smallest absolute Gasteiger partial charge is 0.223 e. The second-order valence-electron chi connectivity index (χ2n) is 6.01. The summed E-state index contributed by atoms with van der Waals surface area (Å²) < 4.78 is 2.31. The zero-order chi connectivity index (χ0) is 16.7. The Balaban J connectivity index is 2.30. The minimum Gasteiger partial charge on any atom is -0.399 e. The lowest BCUT2D eigenvalue weighted by Crippen LogP contribution is -2.36. The van der Waals surface area contributed by atoms with Gasteiger partial charge in [0.15, 0.2) is 0 Å². The second-order valence-corrected chi connectivity index (χ2v) is 6.01. The first-order valence-electron chi connectivity index (χ1n) is 8.19. The number of nitrogens with two attached hydrogens (primary N) is 2. The molecule has 0 aliphatic rings. The van der Waals surface area contributed by atoms with Crippen molar-refractivity contribution in [3.8, 4) is 11.3 Å². The third kappa shape index (κ3) is 2.09. The van der Waals surface area contributed by atoms with Crippen LogP contribution in [-0.4, -0.2) is 0 Å². The van der Waals surface area contributed by atoms with Gasteiger partial charge in [-0.3, -0.25) is 0 Å². The van der Waals surface area contributed by atoms with Crippen molar-refractivity contribution in [3.05, 3.63) is 66.7 Å². The number of anilines is 2. The normalized spacial score (nSPS) is 11.2. The van der Waals surface area contributed by atoms with Crippen molar-refractivity contribution in [1.82, 2.24) is 0 Å². The monoisotopic (exact) mass is 314 g/mol. The number of fused-ring (bicyclic) bond motifs is 3. The van der Waals surface area contributed by atoms with E-state index >= 15 is 0 Å². The van der Waals surface area contributed by atoms with Gasteiger partial charge >= 0.3 is 0 Å². The summed E-state index contributed by atoms with van der Waals surface area (Å²) >= 11 is 0. The molecule has 1 aromatic heterocycles. The van der Waals surface area contributed by atoms with E-state index in [4.69, 9.17) is 11.5 Å². The molecule has 3 aromatic carbocycles. The number of aryl methyl sites for hydroxylation is 1. The molecule has 1 heterocycles. The van der Waals surface area contributed by atoms with Crippen molar-refractivity contribution in [2.75, 3.05) is 11.5 Å². The summed E-state index contributed by atoms with van der Waals surface area (Å²) in [7, 11) is 0. The zero-order valence-electron chi connectivity index (χ0n) is 13.7. The summed E-state index contributed by atoms with van der Waals surface area (Å²) in [5, 5.41) is 3.43. The molecule has 0 radical (unpaired) electrons. The standard InChI is InChI=1S/C21H19N3/c1-2-24-19-13-15(22)11-12-16(19)17-9-6-10-18(23)20(17)21(24)14-7-4-3-5-8-14/h3-13H,2H2,1H3,(H3,22,23)/p+1. The van der Waals surface area contributed by atoms with Crippen LogP contribution in [0.3, 0.4) is 0 Å². The second kappa shape index (κ2) is 5.53. The first-order valence-corrected chi connectivity index (χ1v) is 8.19. The summed E-state index contributed by atoms with van der Waals surface area (Å²) in [6.45, 7) is 2.99. The predicted octanol–water partition coefficient (Wildman–Crippen LogP) is 4.13. The van der Waals surface area contributed by atoms with Gasteiger partial charge in [-0.1, -0.05) is 30.3 Å². The first-order chi connectivity index (χ1) is 11.7. The molecule has 118 valence electrons. The zero-order valence-corrected chi connectivity index (χ0v) is 13.7. The molecule has 24 heavy (non-hydrogen) atoms. The average molecular weight is 314 g/mol. The number of rotatable bonds is 2. The van der Waals surface area contributed by atoms with Crippen LogP contribution >= 0.6 is 0 Å². The highest BCUT2D eigenvalue weighted by molar-refractivity contribution is 6.13. The van der Waals surface area contributed by atoms with Crippen molar-refractivity contribution in [2.24, 2.45) is 0 Å². The molecular weight excluding hydrogens is 294 g/mol. The van der Waals surface area contributed by atoms with Gasteiger partial charge in [0.1, 0.15) is 6.54 Å². The lowest BCUT2D eigenvalue weighted by Gasteiger charge is -2.13. The SMILES string of the molecule is CC[n+]1c(-c2ccccc2)c2c(N)cccc2c2ccc(N)cc21. The molecule has 3 nitrogen and oxygen atoms in total. The number of hydrogen-bond donors (Lipinski definition) is 2. The molecule has 0 spiro atoms. The molecule has 0 bridgehead atoms. The van der Waals surface area contributed by atoms with Crippen LogP contribution in [-0.2, 0) is 6.54 Å². The summed E-state index contributed by atoms with van der Waals surface area (Å²) in [6.07, 6.45) is 0. The Hall–Kier alpha value is -3.07. The molecule has 0 fully saturated rings. The highest BCUT2D eigenvalue weighted by atomic mass is 15.0. The van der Waals surface area contributed by atoms with E-state index in [1.807, 2.05) is 30.3 Å². The Labute approximate surface area is 141 Å². The molecule has 0 amide bonds. The molecule has 4 N–H and O–H groups in total. The number of benzene rings is 3. The molecule has 0 aliphatic heterocycles. The van der Waals surface area contributed by atoms with Crippen LogP contribution in [0, 0.1) is 0 Å². The number of pyridine rings is 1. The molecule has 4 rings (SSSR count). The maximum absolute atomic E-state index is 6.40. The Kier molecular flexibility index (Phi) is 3.35. The van der Waals surface area contributed by atoms with Crippen LogP contribution < -0.4 is 16.0 Å². The van der Waals surface area contributed by atoms with E-state index in [0.717, 1.165) is 45.5 Å². The van der Waals surface area contributed by atoms with Gasteiger partial charge in [0.05, 0.1) is 10.8 Å². The molecule has 4 aromatic rings. The van der Waals surface area contributed by atoms with Gasteiger partial charge in [-0.2, -0.15) is 4.57 Å². The molecule has 0 saturated heterocycles. The quantitative estimate of drug-likeness (QED) is 0.332. The van der Waals surface area contributed by atoms with Gasteiger partial charge in [-0.25, -0.2) is 0 Å². The fraction of sp³-hybridized carbons (Fsp3) is 0.0952. The fourth-order valence-electron chi connectivity index (χ4n) is 3.54. The van der Waals surface area contributed by atoms with Crippen LogP contribution in [0.5, 0.6) is 0 Å². The van der Waals surface area contributed by atoms with Crippen molar-refractivity contribution in [3.63, 3.8) is 0 Å². The maximum atomic E-state index is 6.40. The Morgan fingerprint density at radius 1 is 0.833 bits per heavy atom. The Bertz CT molecular complexity index is 1050. The Morgan fingerprint density at radius 3 is 2.38 bits per heavy atom. The first kappa shape index (κ1) is 14.5. The van der Waals surface area contributed by atoms with Gasteiger partial charge < -0.3 is 11.5 Å². The van der Waals surface area contributed by atoms with Crippen LogP contribution in [0.2, 0.25) is 0 Å². The van der Waals surface area contributed by atoms with Crippen molar-refractivity contribution in [2.45, 2.75) is 13.5 Å². The predicted molar refractivity (Wildman–Crippen MR) is 102 cm³/mol. The van der Waals surface area contributed by atoms with Gasteiger partial charge in [-0.05, 0) is 37.3 Å². The topological polar surface area (TPSA) is 55.9 Å². The van der Waals surface area contributed by atoms with Gasteiger partial charge in [-0.15, -0.1) is 0 Å². The number of aromatic nitrogens is 1. The van der Waals surface area contributed by atoms with Gasteiger partial charge in [0.2, 0.25) is 11.2 Å². The summed E-state index contributed by atoms with van der Waals surface area (Å²) in [6, 6.07) is 22.6. The molecule has 3 heteroatoms. The van der Waals surface area contributed by atoms with E-state index in [0.29, 0.717) is 0 Å². The van der Waals surface area contributed by atoms with Crippen molar-refractivity contribution >= 4 is 33.1 Å². The molecule has 0 atom stereocenters. The van der Waals surface area contributed by atoms with E-state index in [2.05, 4.69) is 47.9 Å². The van der Waals surface area contributed by atoms with E-state index in [9.17, 15) is 0 Å². The minimum atomic E-state index is 0.770. The number of hydrogen-bond acceptors (Lipinski definition) is 2. The van der Waals surface area contributed by atoms with Crippen molar-refractivity contribution in [1.29, 1.82) is 0 Å². The molecular formula is C21H20N3+. The summed E-state index contributed by atoms with van der Waals surface area (Å²) in [4.78, 5) is 0. The van der Waals surface area contributed by atoms with Crippen LogP contribution in [0.4, 0.5) is 11.4 Å². The number of nitrogen functional groups attached to an aromatic ring is 2. The van der Waals surface area contributed by atoms with E-state index in [-0.39, 0.29) is 0 Å². The largest absolute Gasteiger partial charge is 0.399 e. The fourth-order valence-corrected chi connectivity index (χ4v) is 3.54. The maximum Gasteiger partial charge on any atom is 0.223 e. The van der Waals surface area contributed by atoms with E-state index in [1.165, 1.54) is 5.39 Å². The average Bonchev–Trinajstić information content (AvgIpc) is 2.61. The molecule has 0 aliphatic carbocycles. The Morgan fingerprint density at radius 2 is 1.62 bits per heavy atom. The highest BCUT2D eigenvalue weighted by Gasteiger charge is 2.23. The lowest BCUT2D eigenvalue weighted by molar-refractivity contribution is -0.655. The molecule has 0 saturated carbocycles. The minimum absolute atomic E-state index is 0.770. The molecule has 0 unspecified atom stereocenters. The van der Waals surface area contributed by atoms with Gasteiger partial charge in [0.25, 0.3) is 0 Å². The lowest BCUT2D eigenvalue weighted by atomic mass is 9.97. The summed E-state index contributed by atoms with van der Waals surface area (Å²) in [5.74, 6) is 0. The van der Waals surface area contributed by atoms with Crippen molar-refractivity contribution < 1.29 is 4.57 Å². The number of nitrogens with zero attached hydrogens (tertiary/aromatic N) is 1. The van der Waals surface area contributed by atoms with E-state index < -0.39 is 0 Å². The van der Waals surface area contributed by atoms with Gasteiger partial charge in [0, 0.05) is 28.4 Å². The van der Waals surface area contributed by atoms with Crippen LogP contribution in [0.1, 0.15) is 6.92 Å².